The molecule has 5 nitrogen and oxygen atoms in total. The van der Waals surface area contributed by atoms with E-state index in [1.807, 2.05) is 11.8 Å². The van der Waals surface area contributed by atoms with Crippen LogP contribution in [0.25, 0.3) is 0 Å². The van der Waals surface area contributed by atoms with Crippen molar-refractivity contribution in [2.45, 2.75) is 45.1 Å². The van der Waals surface area contributed by atoms with Crippen LogP contribution in [0.15, 0.2) is 0 Å². The largest absolute Gasteiger partial charge is 0.466 e. The molecule has 116 valence electrons. The minimum absolute atomic E-state index is 0. The summed E-state index contributed by atoms with van der Waals surface area (Å²) in [7, 11) is 0. The third-order valence-electron chi connectivity index (χ3n) is 4.18. The number of carbonyl (C=O) groups is 2. The first kappa shape index (κ1) is 17.2. The van der Waals surface area contributed by atoms with Gasteiger partial charge in [0.05, 0.1) is 12.5 Å². The lowest BCUT2D eigenvalue weighted by Crippen LogP contribution is -2.45. The van der Waals surface area contributed by atoms with Gasteiger partial charge in [0.2, 0.25) is 5.91 Å². The molecule has 20 heavy (non-hydrogen) atoms. The molecule has 2 fully saturated rings. The van der Waals surface area contributed by atoms with E-state index in [1.54, 1.807) is 0 Å². The Hall–Kier alpha value is -0.810. The topological polar surface area (TPSA) is 72.6 Å². The number of likely N-dealkylation sites (tertiary alicyclic amines) is 1. The van der Waals surface area contributed by atoms with Crippen LogP contribution in [-0.4, -0.2) is 42.5 Å². The number of carbonyl (C=O) groups excluding carboxylic acids is 2. The highest BCUT2D eigenvalue weighted by Crippen LogP contribution is 2.28. The summed E-state index contributed by atoms with van der Waals surface area (Å²) in [5.74, 6) is -0.0613. The molecule has 0 aromatic carbocycles. The number of piperidine rings is 1. The highest BCUT2D eigenvalue weighted by atomic mass is 35.5. The van der Waals surface area contributed by atoms with Crippen molar-refractivity contribution in [1.82, 2.24) is 4.90 Å². The molecule has 0 bridgehead atoms. The number of nitrogens with zero attached hydrogens (tertiary/aromatic N) is 1. The molecule has 1 saturated heterocycles. The van der Waals surface area contributed by atoms with Gasteiger partial charge in [0, 0.05) is 25.0 Å². The van der Waals surface area contributed by atoms with Gasteiger partial charge in [-0.15, -0.1) is 12.4 Å². The molecule has 3 atom stereocenters. The summed E-state index contributed by atoms with van der Waals surface area (Å²) in [6.07, 6.45) is 4.33. The van der Waals surface area contributed by atoms with Crippen LogP contribution in [0.4, 0.5) is 0 Å². The lowest BCUT2D eigenvalue weighted by molar-refractivity contribution is -0.151. The number of ether oxygens (including phenoxy) is 1. The third kappa shape index (κ3) is 4.09. The minimum Gasteiger partial charge on any atom is -0.466 e. The van der Waals surface area contributed by atoms with E-state index < -0.39 is 0 Å². The summed E-state index contributed by atoms with van der Waals surface area (Å²) < 4.78 is 5.06. The Morgan fingerprint density at radius 2 is 2.00 bits per heavy atom. The van der Waals surface area contributed by atoms with Crippen molar-refractivity contribution in [2.75, 3.05) is 19.7 Å². The Bertz CT molecular complexity index is 351. The van der Waals surface area contributed by atoms with Gasteiger partial charge in [0.25, 0.3) is 0 Å². The van der Waals surface area contributed by atoms with Crippen LogP contribution >= 0.6 is 12.4 Å². The van der Waals surface area contributed by atoms with Crippen molar-refractivity contribution in [1.29, 1.82) is 0 Å². The van der Waals surface area contributed by atoms with Gasteiger partial charge in [-0.05, 0) is 39.0 Å². The SMILES string of the molecule is CCOC(=O)C1CCCN(C(=O)C2CCC(N)C2)C1.Cl. The zero-order valence-corrected chi connectivity index (χ0v) is 12.9. The van der Waals surface area contributed by atoms with E-state index in [4.69, 9.17) is 10.5 Å². The second-order valence-corrected chi connectivity index (χ2v) is 5.65. The summed E-state index contributed by atoms with van der Waals surface area (Å²) in [5.41, 5.74) is 5.86. The van der Waals surface area contributed by atoms with Gasteiger partial charge in [-0.2, -0.15) is 0 Å². The fourth-order valence-electron chi connectivity index (χ4n) is 3.13. The number of halogens is 1. The van der Waals surface area contributed by atoms with Gasteiger partial charge < -0.3 is 15.4 Å². The number of rotatable bonds is 3. The Balaban J connectivity index is 0.00000200. The molecule has 1 amide bonds. The molecule has 6 heteroatoms. The highest BCUT2D eigenvalue weighted by molar-refractivity contribution is 5.85. The maximum Gasteiger partial charge on any atom is 0.310 e. The van der Waals surface area contributed by atoms with Gasteiger partial charge in [-0.3, -0.25) is 9.59 Å². The third-order valence-corrected chi connectivity index (χ3v) is 4.18. The number of hydrogen-bond acceptors (Lipinski definition) is 4. The van der Waals surface area contributed by atoms with Crippen molar-refractivity contribution in [3.05, 3.63) is 0 Å². The van der Waals surface area contributed by atoms with E-state index in [9.17, 15) is 9.59 Å². The molecule has 2 N–H and O–H groups in total. The average Bonchev–Trinajstić information content (AvgIpc) is 2.85. The summed E-state index contributed by atoms with van der Waals surface area (Å²) in [6.45, 7) is 3.49. The lowest BCUT2D eigenvalue weighted by Gasteiger charge is -2.33. The van der Waals surface area contributed by atoms with Gasteiger partial charge in [0.1, 0.15) is 0 Å². The predicted octanol–water partition coefficient (Wildman–Crippen LogP) is 1.34. The molecule has 1 aliphatic carbocycles. The van der Waals surface area contributed by atoms with Gasteiger partial charge in [0.15, 0.2) is 0 Å². The van der Waals surface area contributed by atoms with Crippen LogP contribution in [0.5, 0.6) is 0 Å². The summed E-state index contributed by atoms with van der Waals surface area (Å²) >= 11 is 0. The maximum absolute atomic E-state index is 12.4. The number of nitrogens with two attached hydrogens (primary N) is 1. The van der Waals surface area contributed by atoms with Crippen molar-refractivity contribution in [2.24, 2.45) is 17.6 Å². The molecule has 0 spiro atoms. The van der Waals surface area contributed by atoms with Crippen molar-refractivity contribution >= 4 is 24.3 Å². The Labute approximate surface area is 126 Å². The van der Waals surface area contributed by atoms with Gasteiger partial charge >= 0.3 is 5.97 Å². The van der Waals surface area contributed by atoms with Crippen molar-refractivity contribution in [3.8, 4) is 0 Å². The molecule has 0 radical (unpaired) electrons. The van der Waals surface area contributed by atoms with Gasteiger partial charge in [-0.25, -0.2) is 0 Å². The normalized spacial score (nSPS) is 29.7. The van der Waals surface area contributed by atoms with E-state index in [-0.39, 0.29) is 42.2 Å². The summed E-state index contributed by atoms with van der Waals surface area (Å²) in [6, 6.07) is 0.166. The predicted molar refractivity (Wildman–Crippen MR) is 78.5 cm³/mol. The molecule has 2 aliphatic rings. The molecule has 1 saturated carbocycles. The molecule has 2 rings (SSSR count). The number of esters is 1. The van der Waals surface area contributed by atoms with E-state index in [2.05, 4.69) is 0 Å². The lowest BCUT2D eigenvalue weighted by atomic mass is 9.96. The molecule has 3 unspecified atom stereocenters. The monoisotopic (exact) mass is 304 g/mol. The second-order valence-electron chi connectivity index (χ2n) is 5.65. The Kier molecular flexibility index (Phi) is 6.76. The van der Waals surface area contributed by atoms with Crippen molar-refractivity contribution < 1.29 is 14.3 Å². The maximum atomic E-state index is 12.4. The van der Waals surface area contributed by atoms with Crippen molar-refractivity contribution in [3.63, 3.8) is 0 Å². The molecule has 1 heterocycles. The van der Waals surface area contributed by atoms with Crippen LogP contribution in [0, 0.1) is 11.8 Å². The number of hydrogen-bond donors (Lipinski definition) is 1. The Morgan fingerprint density at radius 3 is 2.60 bits per heavy atom. The Morgan fingerprint density at radius 1 is 1.25 bits per heavy atom. The van der Waals surface area contributed by atoms with E-state index in [0.29, 0.717) is 13.2 Å². The van der Waals surface area contributed by atoms with Crippen LogP contribution in [-0.2, 0) is 14.3 Å². The van der Waals surface area contributed by atoms with Crippen LogP contribution < -0.4 is 5.73 Å². The first-order valence-corrected chi connectivity index (χ1v) is 7.32. The molecular formula is C14H25ClN2O3. The highest BCUT2D eigenvalue weighted by Gasteiger charge is 2.35. The van der Waals surface area contributed by atoms with Crippen LogP contribution in [0.3, 0.4) is 0 Å². The average molecular weight is 305 g/mol. The van der Waals surface area contributed by atoms with E-state index in [1.165, 1.54) is 0 Å². The first-order valence-electron chi connectivity index (χ1n) is 7.32. The van der Waals surface area contributed by atoms with Crippen LogP contribution in [0.2, 0.25) is 0 Å². The zero-order valence-electron chi connectivity index (χ0n) is 12.0. The molecule has 0 aromatic rings. The van der Waals surface area contributed by atoms with Gasteiger partial charge in [-0.1, -0.05) is 0 Å². The van der Waals surface area contributed by atoms with E-state index in [0.717, 1.165) is 38.6 Å². The fraction of sp³-hybridized carbons (Fsp3) is 0.857. The second kappa shape index (κ2) is 7.84. The van der Waals surface area contributed by atoms with Crippen LogP contribution in [0.1, 0.15) is 39.0 Å². The fourth-order valence-corrected chi connectivity index (χ4v) is 3.13. The standard InChI is InChI=1S/C14H24N2O3.ClH/c1-2-19-14(18)11-4-3-7-16(9-11)13(17)10-5-6-12(15)8-10;/h10-12H,2-9,15H2,1H3;1H. The summed E-state index contributed by atoms with van der Waals surface area (Å²) in [5, 5.41) is 0. The molecule has 0 aromatic heterocycles. The minimum atomic E-state index is -0.164. The zero-order chi connectivity index (χ0) is 13.8. The first-order chi connectivity index (χ1) is 9.11. The molecular weight excluding hydrogens is 280 g/mol. The smallest absolute Gasteiger partial charge is 0.310 e. The number of amides is 1. The van der Waals surface area contributed by atoms with E-state index >= 15 is 0 Å². The summed E-state index contributed by atoms with van der Waals surface area (Å²) in [4.78, 5) is 26.0. The molecule has 1 aliphatic heterocycles. The quantitative estimate of drug-likeness (QED) is 0.799.